The Hall–Kier alpha value is -1.26. The molecule has 0 aromatic heterocycles. The molecule has 1 aliphatic heterocycles. The van der Waals surface area contributed by atoms with Gasteiger partial charge in [-0.05, 0) is 50.8 Å². The number of ether oxygens (including phenoxy) is 1. The van der Waals surface area contributed by atoms with Crippen LogP contribution >= 0.6 is 12.4 Å². The van der Waals surface area contributed by atoms with Crippen molar-refractivity contribution in [3.63, 3.8) is 0 Å². The van der Waals surface area contributed by atoms with E-state index >= 15 is 0 Å². The van der Waals surface area contributed by atoms with E-state index in [0.29, 0.717) is 30.8 Å². The van der Waals surface area contributed by atoms with E-state index in [0.717, 1.165) is 50.1 Å². The summed E-state index contributed by atoms with van der Waals surface area (Å²) in [4.78, 5) is 14.8. The summed E-state index contributed by atoms with van der Waals surface area (Å²) in [5.41, 5.74) is 1.11. The standard InChI is InChI=1S/C18H26N2O2.ClH/c1-22-17-5-3-2-4-15(17)13-20(16-6-7-16)18(21)12-14-8-10-19-11-9-14;/h2-5,14,16,19H,6-13H2,1H3;1H. The Labute approximate surface area is 145 Å². The van der Waals surface area contributed by atoms with Crippen molar-refractivity contribution in [3.05, 3.63) is 29.8 Å². The Morgan fingerprint density at radius 1 is 1.22 bits per heavy atom. The minimum Gasteiger partial charge on any atom is -0.496 e. The average Bonchev–Trinajstić information content (AvgIpc) is 3.38. The predicted octanol–water partition coefficient (Wildman–Crippen LogP) is 3.00. The number of halogens is 1. The molecule has 0 atom stereocenters. The number of methoxy groups -OCH3 is 1. The van der Waals surface area contributed by atoms with Gasteiger partial charge in [0.15, 0.2) is 0 Å². The minimum absolute atomic E-state index is 0. The smallest absolute Gasteiger partial charge is 0.223 e. The molecule has 1 aromatic carbocycles. The lowest BCUT2D eigenvalue weighted by Gasteiger charge is -2.28. The van der Waals surface area contributed by atoms with E-state index in [1.807, 2.05) is 18.2 Å². The van der Waals surface area contributed by atoms with Crippen molar-refractivity contribution >= 4 is 18.3 Å². The molecule has 1 saturated heterocycles. The lowest BCUT2D eigenvalue weighted by molar-refractivity contribution is -0.133. The monoisotopic (exact) mass is 338 g/mol. The predicted molar refractivity (Wildman–Crippen MR) is 94.0 cm³/mol. The molecule has 1 aliphatic carbocycles. The topological polar surface area (TPSA) is 41.6 Å². The molecule has 23 heavy (non-hydrogen) atoms. The molecule has 5 heteroatoms. The maximum Gasteiger partial charge on any atom is 0.223 e. The van der Waals surface area contributed by atoms with Crippen molar-refractivity contribution in [1.29, 1.82) is 0 Å². The number of hydrogen-bond acceptors (Lipinski definition) is 3. The highest BCUT2D eigenvalue weighted by Crippen LogP contribution is 2.32. The first-order chi connectivity index (χ1) is 10.8. The summed E-state index contributed by atoms with van der Waals surface area (Å²) in [5, 5.41) is 3.37. The van der Waals surface area contributed by atoms with E-state index in [-0.39, 0.29) is 12.4 Å². The summed E-state index contributed by atoms with van der Waals surface area (Å²) in [7, 11) is 1.69. The maximum atomic E-state index is 12.8. The fourth-order valence-corrected chi connectivity index (χ4v) is 3.27. The van der Waals surface area contributed by atoms with Gasteiger partial charge in [0.05, 0.1) is 7.11 Å². The number of nitrogens with one attached hydrogen (secondary N) is 1. The molecule has 0 radical (unpaired) electrons. The molecule has 1 aromatic rings. The fraction of sp³-hybridized carbons (Fsp3) is 0.611. The third-order valence-corrected chi connectivity index (χ3v) is 4.76. The number of rotatable bonds is 6. The van der Waals surface area contributed by atoms with Crippen molar-refractivity contribution in [2.45, 2.75) is 44.7 Å². The SMILES string of the molecule is COc1ccccc1CN(C(=O)CC1CCNCC1)C1CC1.Cl. The van der Waals surface area contributed by atoms with Crippen molar-refractivity contribution in [2.24, 2.45) is 5.92 Å². The van der Waals surface area contributed by atoms with Crippen LogP contribution in [0.3, 0.4) is 0 Å². The highest BCUT2D eigenvalue weighted by Gasteiger charge is 2.33. The van der Waals surface area contributed by atoms with Crippen LogP contribution < -0.4 is 10.1 Å². The number of carbonyl (C=O) groups excluding carboxylic acids is 1. The Kier molecular flexibility index (Phi) is 6.72. The summed E-state index contributed by atoms with van der Waals surface area (Å²) in [6.07, 6.45) is 5.24. The number of benzene rings is 1. The molecular formula is C18H27ClN2O2. The zero-order valence-electron chi connectivity index (χ0n) is 13.8. The molecule has 1 amide bonds. The van der Waals surface area contributed by atoms with Crippen LogP contribution in [0.5, 0.6) is 5.75 Å². The molecular weight excluding hydrogens is 312 g/mol. The van der Waals surface area contributed by atoms with Crippen LogP contribution in [-0.4, -0.2) is 37.0 Å². The zero-order chi connectivity index (χ0) is 15.4. The van der Waals surface area contributed by atoms with E-state index in [4.69, 9.17) is 4.74 Å². The van der Waals surface area contributed by atoms with Crippen LogP contribution in [0.15, 0.2) is 24.3 Å². The van der Waals surface area contributed by atoms with Gasteiger partial charge >= 0.3 is 0 Å². The summed E-state index contributed by atoms with van der Waals surface area (Å²) in [5.74, 6) is 1.75. The van der Waals surface area contributed by atoms with Gasteiger partial charge in [0.1, 0.15) is 5.75 Å². The second kappa shape index (κ2) is 8.55. The fourth-order valence-electron chi connectivity index (χ4n) is 3.27. The van der Waals surface area contributed by atoms with Gasteiger partial charge in [-0.15, -0.1) is 12.4 Å². The Morgan fingerprint density at radius 3 is 2.57 bits per heavy atom. The first kappa shape index (κ1) is 18.1. The van der Waals surface area contributed by atoms with Gasteiger partial charge in [-0.2, -0.15) is 0 Å². The Bertz CT molecular complexity index is 513. The normalized spacial score (nSPS) is 18.1. The number of amides is 1. The van der Waals surface area contributed by atoms with E-state index in [1.54, 1.807) is 7.11 Å². The molecule has 4 nitrogen and oxygen atoms in total. The third-order valence-electron chi connectivity index (χ3n) is 4.76. The Balaban J connectivity index is 0.00000192. The zero-order valence-corrected chi connectivity index (χ0v) is 14.6. The third kappa shape index (κ3) is 4.85. The van der Waals surface area contributed by atoms with Gasteiger partial charge < -0.3 is 15.0 Å². The summed E-state index contributed by atoms with van der Waals surface area (Å²) in [6, 6.07) is 8.46. The molecule has 0 spiro atoms. The first-order valence-corrected chi connectivity index (χ1v) is 8.40. The molecule has 0 unspecified atom stereocenters. The van der Waals surface area contributed by atoms with Crippen molar-refractivity contribution < 1.29 is 9.53 Å². The van der Waals surface area contributed by atoms with Crippen LogP contribution in [0.2, 0.25) is 0 Å². The van der Waals surface area contributed by atoms with Crippen LogP contribution in [0, 0.1) is 5.92 Å². The Morgan fingerprint density at radius 2 is 1.91 bits per heavy atom. The number of piperidine rings is 1. The van der Waals surface area contributed by atoms with Gasteiger partial charge in [0.2, 0.25) is 5.91 Å². The lowest BCUT2D eigenvalue weighted by atomic mass is 9.94. The minimum atomic E-state index is 0. The van der Waals surface area contributed by atoms with Gasteiger partial charge in [-0.1, -0.05) is 18.2 Å². The van der Waals surface area contributed by atoms with Gasteiger partial charge in [0, 0.05) is 24.6 Å². The second-order valence-corrected chi connectivity index (χ2v) is 6.46. The number of para-hydroxylation sites is 1. The van der Waals surface area contributed by atoms with Gasteiger partial charge in [-0.3, -0.25) is 4.79 Å². The largest absolute Gasteiger partial charge is 0.496 e. The van der Waals surface area contributed by atoms with Gasteiger partial charge in [0.25, 0.3) is 0 Å². The van der Waals surface area contributed by atoms with E-state index < -0.39 is 0 Å². The summed E-state index contributed by atoms with van der Waals surface area (Å²) < 4.78 is 5.43. The quantitative estimate of drug-likeness (QED) is 0.867. The average molecular weight is 339 g/mol. The number of nitrogens with zero attached hydrogens (tertiary/aromatic N) is 1. The van der Waals surface area contributed by atoms with Crippen LogP contribution in [0.4, 0.5) is 0 Å². The molecule has 128 valence electrons. The van der Waals surface area contributed by atoms with Crippen LogP contribution in [-0.2, 0) is 11.3 Å². The van der Waals surface area contributed by atoms with E-state index in [2.05, 4.69) is 16.3 Å². The molecule has 1 N–H and O–H groups in total. The summed E-state index contributed by atoms with van der Waals surface area (Å²) in [6.45, 7) is 2.78. The maximum absolute atomic E-state index is 12.8. The van der Waals surface area contributed by atoms with Crippen LogP contribution in [0.1, 0.15) is 37.7 Å². The van der Waals surface area contributed by atoms with Crippen molar-refractivity contribution in [1.82, 2.24) is 10.2 Å². The molecule has 3 rings (SSSR count). The molecule has 1 heterocycles. The molecule has 0 bridgehead atoms. The molecule has 2 aliphatic rings. The van der Waals surface area contributed by atoms with Crippen molar-refractivity contribution in [3.8, 4) is 5.75 Å². The van der Waals surface area contributed by atoms with E-state index in [1.165, 1.54) is 0 Å². The lowest BCUT2D eigenvalue weighted by Crippen LogP contribution is -2.36. The highest BCUT2D eigenvalue weighted by atomic mass is 35.5. The van der Waals surface area contributed by atoms with Crippen LogP contribution in [0.25, 0.3) is 0 Å². The number of carbonyl (C=O) groups is 1. The van der Waals surface area contributed by atoms with Crippen molar-refractivity contribution in [2.75, 3.05) is 20.2 Å². The number of hydrogen-bond donors (Lipinski definition) is 1. The molecule has 1 saturated carbocycles. The first-order valence-electron chi connectivity index (χ1n) is 8.40. The second-order valence-electron chi connectivity index (χ2n) is 6.46. The van der Waals surface area contributed by atoms with E-state index in [9.17, 15) is 4.79 Å². The highest BCUT2D eigenvalue weighted by molar-refractivity contribution is 5.85. The van der Waals surface area contributed by atoms with Gasteiger partial charge in [-0.25, -0.2) is 0 Å². The summed E-state index contributed by atoms with van der Waals surface area (Å²) >= 11 is 0. The molecule has 2 fully saturated rings.